The Bertz CT molecular complexity index is 564. The molecule has 0 bridgehead atoms. The number of nitrogen functional groups attached to an aromatic ring is 1. The first kappa shape index (κ1) is 17.3. The van der Waals surface area contributed by atoms with Crippen molar-refractivity contribution in [3.05, 3.63) is 23.8 Å². The number of alkyl carbamates (subject to hydrolysis) is 1. The highest BCUT2D eigenvalue weighted by atomic mass is 19.1. The molecule has 0 spiro atoms. The van der Waals surface area contributed by atoms with E-state index in [1.165, 1.54) is 0 Å². The van der Waals surface area contributed by atoms with Crippen molar-refractivity contribution in [3.63, 3.8) is 0 Å². The van der Waals surface area contributed by atoms with Gasteiger partial charge < -0.3 is 20.7 Å². The van der Waals surface area contributed by atoms with E-state index >= 15 is 0 Å². The van der Waals surface area contributed by atoms with Crippen molar-refractivity contribution in [2.45, 2.75) is 32.8 Å². The smallest absolute Gasteiger partial charge is 0.407 e. The summed E-state index contributed by atoms with van der Waals surface area (Å²) in [5.74, 6) is -1.22. The van der Waals surface area contributed by atoms with Crippen LogP contribution in [0, 0.1) is 17.6 Å². The molecule has 0 aliphatic carbocycles. The van der Waals surface area contributed by atoms with Gasteiger partial charge in [-0.3, -0.25) is 0 Å². The van der Waals surface area contributed by atoms with E-state index in [0.717, 1.165) is 18.6 Å². The first-order valence-electron chi connectivity index (χ1n) is 7.62. The minimum atomic E-state index is -0.664. The van der Waals surface area contributed by atoms with Crippen molar-refractivity contribution in [3.8, 4) is 0 Å². The summed E-state index contributed by atoms with van der Waals surface area (Å²) in [6.45, 7) is 6.76. The van der Waals surface area contributed by atoms with Gasteiger partial charge in [-0.05, 0) is 45.2 Å². The maximum atomic E-state index is 13.9. The number of nitrogens with one attached hydrogen (secondary N) is 1. The zero-order valence-corrected chi connectivity index (χ0v) is 13.7. The van der Waals surface area contributed by atoms with Crippen LogP contribution < -0.4 is 16.0 Å². The second kappa shape index (κ2) is 6.60. The maximum Gasteiger partial charge on any atom is 0.407 e. The molecule has 1 aliphatic rings. The Morgan fingerprint density at radius 1 is 1.39 bits per heavy atom. The van der Waals surface area contributed by atoms with Crippen LogP contribution in [0.15, 0.2) is 12.1 Å². The zero-order valence-electron chi connectivity index (χ0n) is 13.7. The first-order chi connectivity index (χ1) is 10.7. The lowest BCUT2D eigenvalue weighted by atomic mass is 10.1. The molecule has 1 aliphatic heterocycles. The first-order valence-corrected chi connectivity index (χ1v) is 7.62. The van der Waals surface area contributed by atoms with Crippen molar-refractivity contribution >= 4 is 17.5 Å². The van der Waals surface area contributed by atoms with E-state index in [2.05, 4.69) is 5.32 Å². The average molecular weight is 327 g/mol. The number of ether oxygens (including phenoxy) is 1. The molecule has 1 fully saturated rings. The molecule has 1 aromatic rings. The number of anilines is 2. The van der Waals surface area contributed by atoms with E-state index in [4.69, 9.17) is 10.5 Å². The molecule has 1 amide bonds. The van der Waals surface area contributed by atoms with E-state index in [1.54, 1.807) is 25.7 Å². The number of nitrogens with zero attached hydrogens (tertiary/aromatic N) is 1. The number of nitrogens with two attached hydrogens (primary N) is 1. The lowest BCUT2D eigenvalue weighted by molar-refractivity contribution is 0.0520. The summed E-state index contributed by atoms with van der Waals surface area (Å²) in [5, 5.41) is 2.70. The van der Waals surface area contributed by atoms with Crippen molar-refractivity contribution < 1.29 is 18.3 Å². The molecule has 128 valence electrons. The SMILES string of the molecule is CC(C)(C)OC(=O)NCC1CCN(c2c(F)cc(N)cc2F)C1. The molecule has 1 heterocycles. The van der Waals surface area contributed by atoms with E-state index in [1.807, 2.05) is 0 Å². The lowest BCUT2D eigenvalue weighted by Crippen LogP contribution is -2.36. The molecule has 0 radical (unpaired) electrons. The quantitative estimate of drug-likeness (QED) is 0.838. The van der Waals surface area contributed by atoms with Crippen LogP contribution in [-0.4, -0.2) is 31.3 Å². The molecular formula is C16H23F2N3O2. The Morgan fingerprint density at radius 2 is 2.00 bits per heavy atom. The Hall–Kier alpha value is -2.05. The normalized spacial score (nSPS) is 18.1. The molecule has 1 atom stereocenters. The van der Waals surface area contributed by atoms with Gasteiger partial charge in [0, 0.05) is 25.3 Å². The number of rotatable bonds is 3. The van der Waals surface area contributed by atoms with Crippen LogP contribution in [0.5, 0.6) is 0 Å². The molecule has 1 saturated heterocycles. The second-order valence-electron chi connectivity index (χ2n) is 6.82. The number of carbonyl (C=O) groups is 1. The predicted molar refractivity (Wildman–Crippen MR) is 85.3 cm³/mol. The van der Waals surface area contributed by atoms with Gasteiger partial charge in [-0.15, -0.1) is 0 Å². The van der Waals surface area contributed by atoms with Crippen LogP contribution in [0.4, 0.5) is 25.0 Å². The summed E-state index contributed by atoms with van der Waals surface area (Å²) < 4.78 is 33.0. The monoisotopic (exact) mass is 327 g/mol. The fourth-order valence-electron chi connectivity index (χ4n) is 2.63. The Balaban J connectivity index is 1.91. The van der Waals surface area contributed by atoms with Crippen molar-refractivity contribution in [1.29, 1.82) is 0 Å². The Kier molecular flexibility index (Phi) is 4.97. The van der Waals surface area contributed by atoms with E-state index < -0.39 is 23.3 Å². The molecule has 23 heavy (non-hydrogen) atoms. The van der Waals surface area contributed by atoms with Gasteiger partial charge in [-0.25, -0.2) is 13.6 Å². The van der Waals surface area contributed by atoms with Crippen LogP contribution in [-0.2, 0) is 4.74 Å². The summed E-state index contributed by atoms with van der Waals surface area (Å²) in [6.07, 6.45) is 0.250. The summed E-state index contributed by atoms with van der Waals surface area (Å²) in [4.78, 5) is 13.3. The zero-order chi connectivity index (χ0) is 17.2. The van der Waals surface area contributed by atoms with Crippen LogP contribution in [0.3, 0.4) is 0 Å². The van der Waals surface area contributed by atoms with Gasteiger partial charge in [-0.2, -0.15) is 0 Å². The fraction of sp³-hybridized carbons (Fsp3) is 0.562. The third kappa shape index (κ3) is 4.71. The maximum absolute atomic E-state index is 13.9. The van der Waals surface area contributed by atoms with Crippen LogP contribution in [0.2, 0.25) is 0 Å². The van der Waals surface area contributed by atoms with Crippen molar-refractivity contribution in [2.24, 2.45) is 5.92 Å². The highest BCUT2D eigenvalue weighted by Crippen LogP contribution is 2.30. The van der Waals surface area contributed by atoms with Crippen molar-refractivity contribution in [1.82, 2.24) is 5.32 Å². The van der Waals surface area contributed by atoms with Crippen LogP contribution >= 0.6 is 0 Å². The highest BCUT2D eigenvalue weighted by Gasteiger charge is 2.27. The fourth-order valence-corrected chi connectivity index (χ4v) is 2.63. The molecule has 3 N–H and O–H groups in total. The van der Waals surface area contributed by atoms with E-state index in [9.17, 15) is 13.6 Å². The molecule has 0 saturated carbocycles. The third-order valence-corrected chi connectivity index (χ3v) is 3.58. The van der Waals surface area contributed by atoms with Crippen LogP contribution in [0.25, 0.3) is 0 Å². The Morgan fingerprint density at radius 3 is 2.57 bits per heavy atom. The minimum Gasteiger partial charge on any atom is -0.444 e. The summed E-state index contributed by atoms with van der Waals surface area (Å²) in [6, 6.07) is 2.23. The number of amides is 1. The van der Waals surface area contributed by atoms with Crippen molar-refractivity contribution in [2.75, 3.05) is 30.3 Å². The molecule has 0 aromatic heterocycles. The summed E-state index contributed by atoms with van der Waals surface area (Å²) in [5.41, 5.74) is 4.88. The van der Waals surface area contributed by atoms with Crippen LogP contribution in [0.1, 0.15) is 27.2 Å². The lowest BCUT2D eigenvalue weighted by Gasteiger charge is -2.22. The standard InChI is InChI=1S/C16H23F2N3O2/c1-16(2,3)23-15(22)20-8-10-4-5-21(9-10)14-12(17)6-11(19)7-13(14)18/h6-7,10H,4-5,8-9,19H2,1-3H3,(H,20,22). The van der Waals surface area contributed by atoms with E-state index in [-0.39, 0.29) is 17.3 Å². The number of halogens is 2. The highest BCUT2D eigenvalue weighted by molar-refractivity contribution is 5.67. The predicted octanol–water partition coefficient (Wildman–Crippen LogP) is 2.90. The molecule has 1 unspecified atom stereocenters. The number of carbonyl (C=O) groups excluding carboxylic acids is 1. The molecular weight excluding hydrogens is 304 g/mol. The molecule has 7 heteroatoms. The summed E-state index contributed by atoms with van der Waals surface area (Å²) in [7, 11) is 0. The number of benzene rings is 1. The third-order valence-electron chi connectivity index (χ3n) is 3.58. The molecule has 5 nitrogen and oxygen atoms in total. The largest absolute Gasteiger partial charge is 0.444 e. The molecule has 2 rings (SSSR count). The van der Waals surface area contributed by atoms with Gasteiger partial charge in [-0.1, -0.05) is 0 Å². The average Bonchev–Trinajstić information content (AvgIpc) is 2.81. The van der Waals surface area contributed by atoms with E-state index in [0.29, 0.717) is 19.6 Å². The Labute approximate surface area is 134 Å². The van der Waals surface area contributed by atoms with Gasteiger partial charge in [0.1, 0.15) is 11.3 Å². The molecule has 1 aromatic carbocycles. The topological polar surface area (TPSA) is 67.6 Å². The van der Waals surface area contributed by atoms with Gasteiger partial charge >= 0.3 is 6.09 Å². The van der Waals surface area contributed by atoms with Gasteiger partial charge in [0.05, 0.1) is 0 Å². The minimum absolute atomic E-state index is 0.0565. The number of hydrogen-bond donors (Lipinski definition) is 2. The van der Waals surface area contributed by atoms with Gasteiger partial charge in [0.2, 0.25) is 0 Å². The van der Waals surface area contributed by atoms with Gasteiger partial charge in [0.25, 0.3) is 0 Å². The summed E-state index contributed by atoms with van der Waals surface area (Å²) >= 11 is 0. The second-order valence-corrected chi connectivity index (χ2v) is 6.82. The number of hydrogen-bond acceptors (Lipinski definition) is 4. The van der Waals surface area contributed by atoms with Gasteiger partial charge in [0.15, 0.2) is 11.6 Å².